The van der Waals surface area contributed by atoms with Gasteiger partial charge in [-0.05, 0) is 24.1 Å². The summed E-state index contributed by atoms with van der Waals surface area (Å²) in [5, 5.41) is 4.32. The molecular formula is C23H25ClN2O2. The zero-order valence-corrected chi connectivity index (χ0v) is 17.0. The van der Waals surface area contributed by atoms with Crippen molar-refractivity contribution >= 4 is 17.6 Å². The number of esters is 1. The molecule has 146 valence electrons. The summed E-state index contributed by atoms with van der Waals surface area (Å²) in [4.78, 5) is 13.1. The maximum atomic E-state index is 13.1. The van der Waals surface area contributed by atoms with Crippen molar-refractivity contribution in [3.05, 3.63) is 89.7 Å². The van der Waals surface area contributed by atoms with Gasteiger partial charge in [0.05, 0.1) is 6.54 Å². The molecule has 5 heteroatoms. The van der Waals surface area contributed by atoms with Crippen LogP contribution in [0.1, 0.15) is 30.2 Å². The summed E-state index contributed by atoms with van der Waals surface area (Å²) in [5.74, 6) is 0.541. The monoisotopic (exact) mass is 396 g/mol. The van der Waals surface area contributed by atoms with Gasteiger partial charge >= 0.3 is 5.97 Å². The Labute approximate surface area is 171 Å². The Bertz CT molecular complexity index is 854. The molecular weight excluding hydrogens is 372 g/mol. The second kappa shape index (κ2) is 9.07. The van der Waals surface area contributed by atoms with Crippen LogP contribution < -0.4 is 0 Å². The zero-order chi connectivity index (χ0) is 20.0. The van der Waals surface area contributed by atoms with Gasteiger partial charge in [-0.15, -0.1) is 11.6 Å². The number of nitrogens with zero attached hydrogens (tertiary/aromatic N) is 2. The molecule has 1 aromatic heterocycles. The third-order valence-corrected chi connectivity index (χ3v) is 4.99. The molecule has 0 N–H and O–H groups in total. The van der Waals surface area contributed by atoms with Gasteiger partial charge in [-0.1, -0.05) is 67.6 Å². The molecule has 1 aliphatic heterocycles. The topological polar surface area (TPSA) is 44.1 Å². The van der Waals surface area contributed by atoms with Crippen LogP contribution in [0, 0.1) is 6.92 Å². The molecule has 2 aromatic carbocycles. The lowest BCUT2D eigenvalue weighted by Gasteiger charge is -2.26. The van der Waals surface area contributed by atoms with E-state index in [0.29, 0.717) is 13.0 Å². The van der Waals surface area contributed by atoms with Gasteiger partial charge < -0.3 is 4.74 Å². The first-order valence-electron chi connectivity index (χ1n) is 9.48. The summed E-state index contributed by atoms with van der Waals surface area (Å²) in [7, 11) is 0. The van der Waals surface area contributed by atoms with Crippen molar-refractivity contribution in [1.29, 1.82) is 0 Å². The first-order valence-corrected chi connectivity index (χ1v) is 10.0. The van der Waals surface area contributed by atoms with Crippen molar-refractivity contribution in [1.82, 2.24) is 9.78 Å². The molecule has 1 unspecified atom stereocenters. The molecule has 0 saturated carbocycles. The van der Waals surface area contributed by atoms with E-state index in [1.54, 1.807) is 6.20 Å². The molecule has 28 heavy (non-hydrogen) atoms. The molecule has 3 aromatic rings. The minimum Gasteiger partial charge on any atom is -0.459 e. The maximum absolute atomic E-state index is 13.1. The van der Waals surface area contributed by atoms with E-state index in [1.807, 2.05) is 85.3 Å². The minimum absolute atomic E-state index is 0.181. The highest BCUT2D eigenvalue weighted by molar-refractivity contribution is 6.17. The van der Waals surface area contributed by atoms with Crippen LogP contribution in [0.3, 0.4) is 0 Å². The van der Waals surface area contributed by atoms with Gasteiger partial charge in [-0.3, -0.25) is 9.48 Å². The largest absolute Gasteiger partial charge is 0.459 e. The average Bonchev–Trinajstić information content (AvgIpc) is 3.27. The molecule has 0 aliphatic carbocycles. The van der Waals surface area contributed by atoms with Crippen LogP contribution in [0.2, 0.25) is 0 Å². The molecule has 4 rings (SSSR count). The van der Waals surface area contributed by atoms with Crippen molar-refractivity contribution in [2.45, 2.75) is 38.3 Å². The van der Waals surface area contributed by atoms with Crippen LogP contribution in [0.15, 0.2) is 72.9 Å². The molecule has 1 atom stereocenters. The van der Waals surface area contributed by atoms with E-state index in [1.165, 1.54) is 0 Å². The first kappa shape index (κ1) is 20.2. The summed E-state index contributed by atoms with van der Waals surface area (Å²) >= 11 is 5.00. The van der Waals surface area contributed by atoms with Crippen LogP contribution in [0.5, 0.6) is 0 Å². The molecule has 0 radical (unpaired) electrons. The normalized spacial score (nSPS) is 17.5. The van der Waals surface area contributed by atoms with Crippen LogP contribution in [-0.2, 0) is 21.5 Å². The molecule has 1 aliphatic rings. The van der Waals surface area contributed by atoms with Gasteiger partial charge in [0.25, 0.3) is 0 Å². The number of ether oxygens (including phenoxy) is 1. The van der Waals surface area contributed by atoms with Crippen molar-refractivity contribution in [2.24, 2.45) is 0 Å². The Hall–Kier alpha value is -2.59. The van der Waals surface area contributed by atoms with Crippen LogP contribution >= 0.6 is 11.6 Å². The third-order valence-electron chi connectivity index (χ3n) is 4.99. The standard InChI is InChI=1S/C21H20N2O2.C2H5Cl/c1-16-12-13-22-23(16)15-19-14-21(20(24)25-19,17-8-4-2-5-9-17)18-10-6-3-7-11-18;1-2-3/h2-13,19H,14-15H2,1H3;2H2,1H3. The molecule has 2 heterocycles. The van der Waals surface area contributed by atoms with E-state index in [0.717, 1.165) is 22.7 Å². The number of aromatic nitrogens is 2. The highest BCUT2D eigenvalue weighted by Crippen LogP contribution is 2.43. The number of alkyl halides is 1. The second-order valence-corrected chi connectivity index (χ2v) is 7.33. The summed E-state index contributed by atoms with van der Waals surface area (Å²) in [6, 6.07) is 21.8. The number of rotatable bonds is 4. The summed E-state index contributed by atoms with van der Waals surface area (Å²) in [6.07, 6.45) is 2.18. The third kappa shape index (κ3) is 3.97. The molecule has 4 nitrogen and oxygen atoms in total. The zero-order valence-electron chi connectivity index (χ0n) is 16.2. The molecule has 0 amide bonds. The predicted molar refractivity (Wildman–Crippen MR) is 112 cm³/mol. The van der Waals surface area contributed by atoms with E-state index >= 15 is 0 Å². The fourth-order valence-electron chi connectivity index (χ4n) is 3.69. The predicted octanol–water partition coefficient (Wildman–Crippen LogP) is 4.74. The fourth-order valence-corrected chi connectivity index (χ4v) is 3.69. The lowest BCUT2D eigenvalue weighted by molar-refractivity contribution is -0.145. The number of carbonyl (C=O) groups excluding carboxylic acids is 1. The van der Waals surface area contributed by atoms with Crippen LogP contribution in [0.4, 0.5) is 0 Å². The number of carbonyl (C=O) groups is 1. The van der Waals surface area contributed by atoms with Crippen molar-refractivity contribution in [3.63, 3.8) is 0 Å². The van der Waals surface area contributed by atoms with E-state index in [9.17, 15) is 4.79 Å². The summed E-state index contributed by atoms with van der Waals surface area (Å²) < 4.78 is 7.71. The van der Waals surface area contributed by atoms with Gasteiger partial charge in [0.2, 0.25) is 0 Å². The highest BCUT2D eigenvalue weighted by Gasteiger charge is 2.51. The number of benzene rings is 2. The number of aryl methyl sites for hydroxylation is 1. The van der Waals surface area contributed by atoms with Gasteiger partial charge in [0.15, 0.2) is 0 Å². The number of hydrogen-bond donors (Lipinski definition) is 0. The maximum Gasteiger partial charge on any atom is 0.321 e. The SMILES string of the molecule is CCCl.Cc1ccnn1CC1CC(c2ccccc2)(c2ccccc2)C(=O)O1. The summed E-state index contributed by atoms with van der Waals surface area (Å²) in [5.41, 5.74) is 2.26. The molecule has 1 fully saturated rings. The average molecular weight is 397 g/mol. The Kier molecular flexibility index (Phi) is 6.53. The Morgan fingerprint density at radius 2 is 1.61 bits per heavy atom. The lowest BCUT2D eigenvalue weighted by atomic mass is 9.72. The van der Waals surface area contributed by atoms with Crippen molar-refractivity contribution in [2.75, 3.05) is 5.88 Å². The van der Waals surface area contributed by atoms with Gasteiger partial charge in [0.1, 0.15) is 11.5 Å². The second-order valence-electron chi connectivity index (χ2n) is 6.79. The van der Waals surface area contributed by atoms with E-state index < -0.39 is 5.41 Å². The van der Waals surface area contributed by atoms with E-state index in [2.05, 4.69) is 5.10 Å². The fraction of sp³-hybridized carbons (Fsp3) is 0.304. The van der Waals surface area contributed by atoms with Crippen molar-refractivity contribution < 1.29 is 9.53 Å². The van der Waals surface area contributed by atoms with Gasteiger partial charge in [-0.2, -0.15) is 5.10 Å². The first-order chi connectivity index (χ1) is 13.6. The Morgan fingerprint density at radius 1 is 1.07 bits per heavy atom. The Balaban J connectivity index is 0.000000706. The molecule has 1 saturated heterocycles. The van der Waals surface area contributed by atoms with Gasteiger partial charge in [-0.25, -0.2) is 0 Å². The summed E-state index contributed by atoms with van der Waals surface area (Å²) in [6.45, 7) is 4.47. The van der Waals surface area contributed by atoms with Crippen LogP contribution in [0.25, 0.3) is 0 Å². The van der Waals surface area contributed by atoms with E-state index in [-0.39, 0.29) is 12.1 Å². The number of cyclic esters (lactones) is 1. The molecule has 0 spiro atoms. The van der Waals surface area contributed by atoms with Gasteiger partial charge in [0, 0.05) is 24.2 Å². The van der Waals surface area contributed by atoms with Crippen LogP contribution in [-0.4, -0.2) is 27.7 Å². The smallest absolute Gasteiger partial charge is 0.321 e. The van der Waals surface area contributed by atoms with Crippen molar-refractivity contribution in [3.8, 4) is 0 Å². The number of halogens is 1. The highest BCUT2D eigenvalue weighted by atomic mass is 35.5. The lowest BCUT2D eigenvalue weighted by Crippen LogP contribution is -2.33. The van der Waals surface area contributed by atoms with E-state index in [4.69, 9.17) is 16.3 Å². The minimum atomic E-state index is -0.756. The Morgan fingerprint density at radius 3 is 2.07 bits per heavy atom. The quantitative estimate of drug-likeness (QED) is 0.472. The molecule has 0 bridgehead atoms. The number of hydrogen-bond acceptors (Lipinski definition) is 3.